The predicted octanol–water partition coefficient (Wildman–Crippen LogP) is 2.52. The molecule has 1 aromatic heterocycles. The van der Waals surface area contributed by atoms with Gasteiger partial charge in [-0.2, -0.15) is 0 Å². The van der Waals surface area contributed by atoms with Gasteiger partial charge in [0.1, 0.15) is 12.4 Å². The Morgan fingerprint density at radius 3 is 2.67 bits per heavy atom. The molecule has 0 unspecified atom stereocenters. The Morgan fingerprint density at radius 1 is 1.14 bits per heavy atom. The molecule has 0 radical (unpaired) electrons. The van der Waals surface area contributed by atoms with Gasteiger partial charge in [-0.15, -0.1) is 4.73 Å². The summed E-state index contributed by atoms with van der Waals surface area (Å²) in [4.78, 5) is 16.3. The van der Waals surface area contributed by atoms with Crippen molar-refractivity contribution in [2.75, 3.05) is 0 Å². The molecular formula is C16H14N2O3. The molecule has 3 aromatic rings. The minimum absolute atomic E-state index is 0.0153. The van der Waals surface area contributed by atoms with E-state index in [1.165, 1.54) is 0 Å². The van der Waals surface area contributed by atoms with E-state index in [0.29, 0.717) is 21.4 Å². The maximum atomic E-state index is 12.0. The molecule has 2 aromatic carbocycles. The molecule has 0 saturated carbocycles. The van der Waals surface area contributed by atoms with Gasteiger partial charge in [0.05, 0.1) is 10.9 Å². The average molecular weight is 282 g/mol. The lowest BCUT2D eigenvalue weighted by atomic mass is 10.2. The number of fused-ring (bicyclic) bond motifs is 1. The Labute approximate surface area is 121 Å². The Morgan fingerprint density at radius 2 is 1.86 bits per heavy atom. The molecule has 0 amide bonds. The molecule has 0 atom stereocenters. The summed E-state index contributed by atoms with van der Waals surface area (Å²) in [5.74, 6) is 0.863. The molecule has 0 bridgehead atoms. The maximum absolute atomic E-state index is 12.0. The molecule has 0 aliphatic heterocycles. The minimum atomic E-state index is -0.496. The van der Waals surface area contributed by atoms with Crippen LogP contribution in [0.4, 0.5) is 0 Å². The van der Waals surface area contributed by atoms with Gasteiger partial charge >= 0.3 is 0 Å². The minimum Gasteiger partial charge on any atom is -0.485 e. The summed E-state index contributed by atoms with van der Waals surface area (Å²) in [6, 6.07) is 14.4. The molecule has 5 heteroatoms. The van der Waals surface area contributed by atoms with Crippen molar-refractivity contribution in [3.05, 3.63) is 70.3 Å². The highest BCUT2D eigenvalue weighted by atomic mass is 16.5. The highest BCUT2D eigenvalue weighted by Crippen LogP contribution is 2.17. The van der Waals surface area contributed by atoms with E-state index >= 15 is 0 Å². The van der Waals surface area contributed by atoms with Crippen molar-refractivity contribution in [3.8, 4) is 5.75 Å². The van der Waals surface area contributed by atoms with E-state index in [4.69, 9.17) is 4.74 Å². The van der Waals surface area contributed by atoms with Crippen LogP contribution < -0.4 is 10.3 Å². The second-order valence-corrected chi connectivity index (χ2v) is 4.72. The molecule has 21 heavy (non-hydrogen) atoms. The van der Waals surface area contributed by atoms with E-state index in [0.717, 1.165) is 5.56 Å². The molecule has 106 valence electrons. The zero-order chi connectivity index (χ0) is 14.8. The van der Waals surface area contributed by atoms with Crippen LogP contribution in [-0.2, 0) is 6.61 Å². The molecule has 0 saturated heterocycles. The third-order valence-corrected chi connectivity index (χ3v) is 3.27. The first-order chi connectivity index (χ1) is 10.2. The first-order valence-corrected chi connectivity index (χ1v) is 6.55. The topological polar surface area (TPSA) is 64.3 Å². The van der Waals surface area contributed by atoms with Crippen molar-refractivity contribution < 1.29 is 9.94 Å². The van der Waals surface area contributed by atoms with Crippen molar-refractivity contribution in [1.82, 2.24) is 9.71 Å². The highest BCUT2D eigenvalue weighted by molar-refractivity contribution is 5.77. The van der Waals surface area contributed by atoms with Crippen LogP contribution >= 0.6 is 0 Å². The molecule has 3 rings (SSSR count). The largest absolute Gasteiger partial charge is 0.485 e. The standard InChI is InChI=1S/C16H14N2O3/c1-11-6-2-5-9-14(11)21-10-15-17-13-8-4-3-7-12(13)16(19)18(15)20/h2-9,20H,10H2,1H3. The fourth-order valence-corrected chi connectivity index (χ4v) is 2.12. The summed E-state index contributed by atoms with van der Waals surface area (Å²) in [5, 5.41) is 10.3. The second kappa shape index (κ2) is 5.28. The highest BCUT2D eigenvalue weighted by Gasteiger charge is 2.10. The van der Waals surface area contributed by atoms with Crippen LogP contribution in [0.3, 0.4) is 0 Å². The summed E-state index contributed by atoms with van der Waals surface area (Å²) in [7, 11) is 0. The zero-order valence-electron chi connectivity index (χ0n) is 11.5. The van der Waals surface area contributed by atoms with Gasteiger partial charge in [-0.05, 0) is 30.7 Å². The number of aryl methyl sites for hydroxylation is 1. The third-order valence-electron chi connectivity index (χ3n) is 3.27. The predicted molar refractivity (Wildman–Crippen MR) is 78.7 cm³/mol. The number of ether oxygens (including phenoxy) is 1. The Balaban J connectivity index is 1.96. The van der Waals surface area contributed by atoms with E-state index < -0.39 is 5.56 Å². The molecular weight excluding hydrogens is 268 g/mol. The molecule has 1 heterocycles. The van der Waals surface area contributed by atoms with Gasteiger partial charge in [0.25, 0.3) is 5.56 Å². The van der Waals surface area contributed by atoms with Gasteiger partial charge in [-0.1, -0.05) is 30.3 Å². The molecule has 1 N–H and O–H groups in total. The van der Waals surface area contributed by atoms with Crippen LogP contribution in [0.5, 0.6) is 5.75 Å². The van der Waals surface area contributed by atoms with Crippen LogP contribution in [0.15, 0.2) is 53.3 Å². The number of para-hydroxylation sites is 2. The monoisotopic (exact) mass is 282 g/mol. The zero-order valence-corrected chi connectivity index (χ0v) is 11.5. The molecule has 0 aliphatic carbocycles. The maximum Gasteiger partial charge on any atom is 0.294 e. The Bertz CT molecular complexity index is 856. The van der Waals surface area contributed by atoms with Gasteiger partial charge in [-0.25, -0.2) is 4.98 Å². The normalized spacial score (nSPS) is 10.7. The lowest BCUT2D eigenvalue weighted by molar-refractivity contribution is 0.143. The average Bonchev–Trinajstić information content (AvgIpc) is 2.51. The van der Waals surface area contributed by atoms with Crippen molar-refractivity contribution in [1.29, 1.82) is 0 Å². The van der Waals surface area contributed by atoms with E-state index in [9.17, 15) is 10.0 Å². The van der Waals surface area contributed by atoms with Gasteiger partial charge in [0, 0.05) is 0 Å². The fourth-order valence-electron chi connectivity index (χ4n) is 2.12. The quantitative estimate of drug-likeness (QED) is 0.750. The van der Waals surface area contributed by atoms with Crippen molar-refractivity contribution >= 4 is 10.9 Å². The summed E-state index contributed by atoms with van der Waals surface area (Å²) in [5.41, 5.74) is 1.02. The first kappa shape index (κ1) is 13.2. The summed E-state index contributed by atoms with van der Waals surface area (Å²) < 4.78 is 6.17. The van der Waals surface area contributed by atoms with Crippen LogP contribution in [0, 0.1) is 6.92 Å². The van der Waals surface area contributed by atoms with Gasteiger partial charge in [0.15, 0.2) is 5.82 Å². The van der Waals surface area contributed by atoms with Crippen LogP contribution in [0.25, 0.3) is 10.9 Å². The van der Waals surface area contributed by atoms with Gasteiger partial charge in [-0.3, -0.25) is 4.79 Å². The second-order valence-electron chi connectivity index (χ2n) is 4.72. The third kappa shape index (κ3) is 2.45. The van der Waals surface area contributed by atoms with Crippen molar-refractivity contribution in [3.63, 3.8) is 0 Å². The Hall–Kier alpha value is -2.82. The number of aromatic nitrogens is 2. The van der Waals surface area contributed by atoms with Gasteiger partial charge < -0.3 is 9.94 Å². The van der Waals surface area contributed by atoms with E-state index in [1.54, 1.807) is 24.3 Å². The molecule has 0 spiro atoms. The summed E-state index contributed by atoms with van der Waals surface area (Å²) in [6.45, 7) is 1.94. The molecule has 0 aliphatic rings. The number of rotatable bonds is 3. The molecule has 0 fully saturated rings. The number of benzene rings is 2. The van der Waals surface area contributed by atoms with E-state index in [-0.39, 0.29) is 12.4 Å². The van der Waals surface area contributed by atoms with Crippen LogP contribution in [0.1, 0.15) is 11.4 Å². The van der Waals surface area contributed by atoms with Crippen LogP contribution in [0.2, 0.25) is 0 Å². The fraction of sp³-hybridized carbons (Fsp3) is 0.125. The summed E-state index contributed by atoms with van der Waals surface area (Å²) in [6.07, 6.45) is 0. The van der Waals surface area contributed by atoms with Crippen molar-refractivity contribution in [2.24, 2.45) is 0 Å². The van der Waals surface area contributed by atoms with E-state index in [1.807, 2.05) is 31.2 Å². The lowest BCUT2D eigenvalue weighted by Gasteiger charge is -2.10. The summed E-state index contributed by atoms with van der Waals surface area (Å²) >= 11 is 0. The van der Waals surface area contributed by atoms with Crippen LogP contribution in [-0.4, -0.2) is 14.9 Å². The molecule has 5 nitrogen and oxygen atoms in total. The van der Waals surface area contributed by atoms with Gasteiger partial charge in [0.2, 0.25) is 0 Å². The number of hydrogen-bond donors (Lipinski definition) is 1. The van der Waals surface area contributed by atoms with Crippen molar-refractivity contribution in [2.45, 2.75) is 13.5 Å². The number of hydrogen-bond acceptors (Lipinski definition) is 4. The van der Waals surface area contributed by atoms with E-state index in [2.05, 4.69) is 4.98 Å². The smallest absolute Gasteiger partial charge is 0.294 e. The number of nitrogens with zero attached hydrogens (tertiary/aromatic N) is 2. The Kier molecular flexibility index (Phi) is 3.31. The first-order valence-electron chi connectivity index (χ1n) is 6.55. The lowest BCUT2D eigenvalue weighted by Crippen LogP contribution is -2.24. The SMILES string of the molecule is Cc1ccccc1OCc1nc2ccccc2c(=O)n1O.